The molecule has 0 atom stereocenters. The minimum absolute atomic E-state index is 0.0543. The van der Waals surface area contributed by atoms with Gasteiger partial charge in [0, 0.05) is 31.7 Å². The summed E-state index contributed by atoms with van der Waals surface area (Å²) >= 11 is 0. The minimum atomic E-state index is -0.0543. The van der Waals surface area contributed by atoms with Crippen LogP contribution in [0.4, 0.5) is 5.69 Å². The van der Waals surface area contributed by atoms with Crippen LogP contribution >= 0.6 is 0 Å². The molecule has 0 saturated carbocycles. The first kappa shape index (κ1) is 17.7. The Morgan fingerprint density at radius 2 is 1.92 bits per heavy atom. The Balaban J connectivity index is 1.66. The van der Waals surface area contributed by atoms with E-state index in [-0.39, 0.29) is 5.91 Å². The number of aromatic nitrogens is 2. The van der Waals surface area contributed by atoms with Crippen LogP contribution in [0.15, 0.2) is 60.9 Å². The second-order valence-electron chi connectivity index (χ2n) is 6.30. The number of carbonyl (C=O) groups is 1. The highest BCUT2D eigenvalue weighted by atomic mass is 16.1. The predicted octanol–water partition coefficient (Wildman–Crippen LogP) is 3.31. The maximum absolute atomic E-state index is 12.7. The molecule has 3 rings (SSSR count). The van der Waals surface area contributed by atoms with Crippen LogP contribution < -0.4 is 10.6 Å². The molecule has 5 nitrogen and oxygen atoms in total. The average Bonchev–Trinajstić information content (AvgIpc) is 3.05. The number of amides is 1. The van der Waals surface area contributed by atoms with Crippen LogP contribution in [0, 0.1) is 6.92 Å². The van der Waals surface area contributed by atoms with Gasteiger partial charge in [0.25, 0.3) is 5.91 Å². The number of carbonyl (C=O) groups excluding carboxylic acids is 1. The number of imidazole rings is 1. The summed E-state index contributed by atoms with van der Waals surface area (Å²) in [4.78, 5) is 17.0. The fourth-order valence-electron chi connectivity index (χ4n) is 2.91. The van der Waals surface area contributed by atoms with Crippen LogP contribution in [-0.2, 0) is 20.0 Å². The lowest BCUT2D eigenvalue weighted by atomic mass is 10.1. The Morgan fingerprint density at radius 3 is 2.65 bits per heavy atom. The Kier molecular flexibility index (Phi) is 5.69. The molecule has 0 spiro atoms. The van der Waals surface area contributed by atoms with E-state index in [1.165, 1.54) is 5.56 Å². The first-order valence-electron chi connectivity index (χ1n) is 8.77. The molecule has 1 heterocycles. The van der Waals surface area contributed by atoms with Crippen LogP contribution in [0.5, 0.6) is 0 Å². The van der Waals surface area contributed by atoms with Crippen LogP contribution in [0.3, 0.4) is 0 Å². The maximum atomic E-state index is 12.7. The molecule has 2 N–H and O–H groups in total. The Morgan fingerprint density at radius 1 is 1.12 bits per heavy atom. The Labute approximate surface area is 154 Å². The molecule has 3 aromatic rings. The van der Waals surface area contributed by atoms with Crippen LogP contribution in [-0.4, -0.2) is 22.0 Å². The third-order valence-electron chi connectivity index (χ3n) is 4.40. The number of nitrogens with one attached hydrogen (secondary N) is 2. The zero-order valence-electron chi connectivity index (χ0n) is 15.2. The van der Waals surface area contributed by atoms with E-state index in [9.17, 15) is 4.79 Å². The summed E-state index contributed by atoms with van der Waals surface area (Å²) in [7, 11) is 1.96. The lowest BCUT2D eigenvalue weighted by Crippen LogP contribution is -2.27. The average molecular weight is 348 g/mol. The molecule has 0 saturated heterocycles. The Hall–Kier alpha value is -3.08. The van der Waals surface area contributed by atoms with Crippen molar-refractivity contribution < 1.29 is 4.79 Å². The summed E-state index contributed by atoms with van der Waals surface area (Å²) in [6, 6.07) is 16.0. The molecule has 0 fully saturated rings. The quantitative estimate of drug-likeness (QED) is 0.689. The zero-order chi connectivity index (χ0) is 18.4. The number of aryl methyl sites for hydroxylation is 2. The molecular formula is C21H24N4O. The molecule has 134 valence electrons. The van der Waals surface area contributed by atoms with E-state index < -0.39 is 0 Å². The largest absolute Gasteiger partial charge is 0.377 e. The highest BCUT2D eigenvalue weighted by Crippen LogP contribution is 2.20. The van der Waals surface area contributed by atoms with Crippen molar-refractivity contribution in [3.05, 3.63) is 83.4 Å². The van der Waals surface area contributed by atoms with Crippen molar-refractivity contribution in [1.82, 2.24) is 14.9 Å². The van der Waals surface area contributed by atoms with Gasteiger partial charge in [0.15, 0.2) is 0 Å². The monoisotopic (exact) mass is 348 g/mol. The number of anilines is 1. The summed E-state index contributed by atoms with van der Waals surface area (Å²) in [5, 5.41) is 6.38. The van der Waals surface area contributed by atoms with Crippen molar-refractivity contribution >= 4 is 11.6 Å². The molecule has 0 radical (unpaired) electrons. The van der Waals surface area contributed by atoms with Crippen LogP contribution in [0.1, 0.15) is 27.3 Å². The number of hydrogen-bond donors (Lipinski definition) is 2. The molecule has 0 aliphatic rings. The fourth-order valence-corrected chi connectivity index (χ4v) is 2.91. The third kappa shape index (κ3) is 4.30. The van der Waals surface area contributed by atoms with Gasteiger partial charge < -0.3 is 15.2 Å². The van der Waals surface area contributed by atoms with Gasteiger partial charge >= 0.3 is 0 Å². The van der Waals surface area contributed by atoms with Gasteiger partial charge in [-0.15, -0.1) is 0 Å². The molecule has 5 heteroatoms. The SMILES string of the molecule is Cc1cccc(NCc2nccn2C)c1C(=O)NCCc1ccccc1. The zero-order valence-corrected chi connectivity index (χ0v) is 15.2. The number of rotatable bonds is 7. The Bertz CT molecular complexity index is 871. The van der Waals surface area contributed by atoms with E-state index in [1.807, 2.05) is 61.1 Å². The number of hydrogen-bond acceptors (Lipinski definition) is 3. The molecule has 0 unspecified atom stereocenters. The molecule has 0 aliphatic carbocycles. The van der Waals surface area contributed by atoms with Crippen molar-refractivity contribution in [2.45, 2.75) is 19.9 Å². The molecule has 2 aromatic carbocycles. The molecule has 26 heavy (non-hydrogen) atoms. The molecule has 0 bridgehead atoms. The van der Waals surface area contributed by atoms with Gasteiger partial charge in [0.05, 0.1) is 12.1 Å². The van der Waals surface area contributed by atoms with E-state index in [0.717, 1.165) is 23.5 Å². The first-order valence-corrected chi connectivity index (χ1v) is 8.77. The minimum Gasteiger partial charge on any atom is -0.377 e. The number of nitrogens with zero attached hydrogens (tertiary/aromatic N) is 2. The standard InChI is InChI=1S/C21H24N4O/c1-16-7-6-10-18(24-15-19-22-13-14-25(19)2)20(16)21(26)23-12-11-17-8-4-3-5-9-17/h3-10,13-14,24H,11-12,15H2,1-2H3,(H,23,26). The summed E-state index contributed by atoms with van der Waals surface area (Å²) in [6.45, 7) is 3.13. The smallest absolute Gasteiger partial charge is 0.253 e. The van der Waals surface area contributed by atoms with Gasteiger partial charge in [-0.3, -0.25) is 4.79 Å². The van der Waals surface area contributed by atoms with Gasteiger partial charge in [-0.25, -0.2) is 4.98 Å². The van der Waals surface area contributed by atoms with Crippen LogP contribution in [0.2, 0.25) is 0 Å². The predicted molar refractivity (Wildman–Crippen MR) is 104 cm³/mol. The third-order valence-corrected chi connectivity index (χ3v) is 4.40. The van der Waals surface area contributed by atoms with Crippen molar-refractivity contribution in [2.75, 3.05) is 11.9 Å². The second kappa shape index (κ2) is 8.34. The van der Waals surface area contributed by atoms with Gasteiger partial charge in [-0.1, -0.05) is 42.5 Å². The van der Waals surface area contributed by atoms with Crippen LogP contribution in [0.25, 0.3) is 0 Å². The highest BCUT2D eigenvalue weighted by molar-refractivity contribution is 6.01. The molecule has 1 aromatic heterocycles. The van der Waals surface area contributed by atoms with Gasteiger partial charge in [0.2, 0.25) is 0 Å². The van der Waals surface area contributed by atoms with E-state index >= 15 is 0 Å². The molecule has 1 amide bonds. The summed E-state index contributed by atoms with van der Waals surface area (Å²) in [5.74, 6) is 0.864. The van der Waals surface area contributed by atoms with E-state index in [2.05, 4.69) is 27.8 Å². The van der Waals surface area contributed by atoms with E-state index in [0.29, 0.717) is 18.7 Å². The van der Waals surface area contributed by atoms with Crippen molar-refractivity contribution in [3.63, 3.8) is 0 Å². The van der Waals surface area contributed by atoms with Crippen molar-refractivity contribution in [1.29, 1.82) is 0 Å². The molecular weight excluding hydrogens is 324 g/mol. The highest BCUT2D eigenvalue weighted by Gasteiger charge is 2.14. The summed E-state index contributed by atoms with van der Waals surface area (Å²) in [6.07, 6.45) is 4.49. The van der Waals surface area contributed by atoms with E-state index in [4.69, 9.17) is 0 Å². The maximum Gasteiger partial charge on any atom is 0.253 e. The first-order chi connectivity index (χ1) is 12.6. The fraction of sp³-hybridized carbons (Fsp3) is 0.238. The van der Waals surface area contributed by atoms with Gasteiger partial charge in [-0.05, 0) is 30.5 Å². The summed E-state index contributed by atoms with van der Waals surface area (Å²) < 4.78 is 1.96. The second-order valence-corrected chi connectivity index (χ2v) is 6.30. The van der Waals surface area contributed by atoms with Gasteiger partial charge in [-0.2, -0.15) is 0 Å². The van der Waals surface area contributed by atoms with E-state index in [1.54, 1.807) is 6.20 Å². The normalized spacial score (nSPS) is 10.5. The summed E-state index contributed by atoms with van der Waals surface area (Å²) in [5.41, 5.74) is 3.68. The van der Waals surface area contributed by atoms with Crippen molar-refractivity contribution in [2.24, 2.45) is 7.05 Å². The lowest BCUT2D eigenvalue weighted by molar-refractivity contribution is 0.0954. The molecule has 0 aliphatic heterocycles. The number of benzene rings is 2. The van der Waals surface area contributed by atoms with Gasteiger partial charge in [0.1, 0.15) is 5.82 Å². The topological polar surface area (TPSA) is 59.0 Å². The lowest BCUT2D eigenvalue weighted by Gasteiger charge is -2.14. The van der Waals surface area contributed by atoms with Crippen molar-refractivity contribution in [3.8, 4) is 0 Å².